The molecule has 114 valence electrons. The molecule has 2 aromatic rings. The Balaban J connectivity index is 2.16. The van der Waals surface area contributed by atoms with Crippen LogP contribution in [0.15, 0.2) is 48.5 Å². The van der Waals surface area contributed by atoms with Crippen LogP contribution in [0.1, 0.15) is 21.5 Å². The second-order valence-electron chi connectivity index (χ2n) is 4.86. The van der Waals surface area contributed by atoms with Gasteiger partial charge in [0.15, 0.2) is 0 Å². The van der Waals surface area contributed by atoms with Gasteiger partial charge in [-0.05, 0) is 36.8 Å². The molecule has 22 heavy (non-hydrogen) atoms. The Morgan fingerprint density at radius 1 is 1.23 bits per heavy atom. The summed E-state index contributed by atoms with van der Waals surface area (Å²) in [7, 11) is 0. The summed E-state index contributed by atoms with van der Waals surface area (Å²) in [4.78, 5) is 11.2. The average molecular weight is 299 g/mol. The lowest BCUT2D eigenvalue weighted by Crippen LogP contribution is -2.17. The Labute approximate surface area is 128 Å². The Hall–Kier alpha value is -2.79. The minimum absolute atomic E-state index is 0.0839. The summed E-state index contributed by atoms with van der Waals surface area (Å²) >= 11 is 0. The van der Waals surface area contributed by atoms with Crippen LogP contribution in [-0.4, -0.2) is 27.5 Å². The molecule has 0 fully saturated rings. The number of carbonyl (C=O) groups is 1. The van der Waals surface area contributed by atoms with Crippen LogP contribution in [0.3, 0.4) is 0 Å². The average Bonchev–Trinajstić information content (AvgIpc) is 2.46. The summed E-state index contributed by atoms with van der Waals surface area (Å²) < 4.78 is 0. The second kappa shape index (κ2) is 6.78. The molecule has 2 rings (SSSR count). The van der Waals surface area contributed by atoms with Crippen LogP contribution in [0.25, 0.3) is 6.08 Å². The fraction of sp³-hybridized carbons (Fsp3) is 0.118. The van der Waals surface area contributed by atoms with Gasteiger partial charge in [-0.15, -0.1) is 0 Å². The monoisotopic (exact) mass is 299 g/mol. The van der Waals surface area contributed by atoms with Crippen LogP contribution in [0.4, 0.5) is 5.69 Å². The number of hydrogen-bond acceptors (Lipinski definition) is 4. The maximum atomic E-state index is 11.2. The van der Waals surface area contributed by atoms with Gasteiger partial charge in [0, 0.05) is 5.56 Å². The van der Waals surface area contributed by atoms with Crippen LogP contribution < -0.4 is 5.32 Å². The minimum Gasteiger partial charge on any atom is -0.507 e. The number of para-hydroxylation sites is 1. The maximum absolute atomic E-state index is 11.2. The number of aromatic hydroxyl groups is 1. The number of nitrogens with one attached hydrogen (secondary N) is 1. The molecule has 4 N–H and O–H groups in total. The predicted octanol–water partition coefficient (Wildman–Crippen LogP) is 2.84. The maximum Gasteiger partial charge on any atom is 0.337 e. The van der Waals surface area contributed by atoms with E-state index in [2.05, 4.69) is 5.32 Å². The Bertz CT molecular complexity index is 710. The molecule has 0 amide bonds. The van der Waals surface area contributed by atoms with E-state index in [1.807, 2.05) is 6.92 Å². The topological polar surface area (TPSA) is 89.8 Å². The largest absolute Gasteiger partial charge is 0.507 e. The minimum atomic E-state index is -1.08. The predicted molar refractivity (Wildman–Crippen MR) is 84.9 cm³/mol. The van der Waals surface area contributed by atoms with Gasteiger partial charge in [-0.1, -0.05) is 30.3 Å². The highest BCUT2D eigenvalue weighted by atomic mass is 16.4. The van der Waals surface area contributed by atoms with Gasteiger partial charge in [0.2, 0.25) is 0 Å². The fourth-order valence-corrected chi connectivity index (χ4v) is 1.99. The van der Waals surface area contributed by atoms with E-state index in [0.29, 0.717) is 11.3 Å². The lowest BCUT2D eigenvalue weighted by Gasteiger charge is -2.13. The number of phenols is 1. The van der Waals surface area contributed by atoms with E-state index in [4.69, 9.17) is 5.11 Å². The van der Waals surface area contributed by atoms with Crippen molar-refractivity contribution in [3.05, 3.63) is 65.2 Å². The van der Waals surface area contributed by atoms with E-state index >= 15 is 0 Å². The van der Waals surface area contributed by atoms with Gasteiger partial charge in [-0.25, -0.2) is 4.79 Å². The molecule has 0 spiro atoms. The number of aliphatic hydroxyl groups is 1. The number of aliphatic hydroxyl groups excluding tert-OH is 1. The molecule has 0 saturated heterocycles. The normalized spacial score (nSPS) is 12.3. The summed E-state index contributed by atoms with van der Waals surface area (Å²) in [5, 5.41) is 31.5. The number of anilines is 1. The van der Waals surface area contributed by atoms with E-state index in [1.165, 1.54) is 12.1 Å². The summed E-state index contributed by atoms with van der Waals surface area (Å²) in [5.74, 6) is -0.966. The fourth-order valence-electron chi connectivity index (χ4n) is 1.99. The molecule has 1 unspecified atom stereocenters. The van der Waals surface area contributed by atoms with Crippen LogP contribution in [-0.2, 0) is 0 Å². The van der Waals surface area contributed by atoms with Crippen LogP contribution in [0.2, 0.25) is 0 Å². The van der Waals surface area contributed by atoms with Crippen molar-refractivity contribution < 1.29 is 20.1 Å². The third-order valence-electron chi connectivity index (χ3n) is 3.10. The van der Waals surface area contributed by atoms with Crippen molar-refractivity contribution in [3.63, 3.8) is 0 Å². The van der Waals surface area contributed by atoms with Crippen molar-refractivity contribution in [1.29, 1.82) is 0 Å². The number of benzene rings is 2. The molecule has 0 aromatic heterocycles. The van der Waals surface area contributed by atoms with Gasteiger partial charge in [-0.3, -0.25) is 0 Å². The van der Waals surface area contributed by atoms with E-state index in [1.54, 1.807) is 42.5 Å². The highest BCUT2D eigenvalue weighted by Crippen LogP contribution is 2.20. The molecule has 0 radical (unpaired) electrons. The first kappa shape index (κ1) is 15.6. The van der Waals surface area contributed by atoms with Crippen molar-refractivity contribution in [2.45, 2.75) is 13.2 Å². The summed E-state index contributed by atoms with van der Waals surface area (Å²) in [6.07, 6.45) is 1.91. The van der Waals surface area contributed by atoms with Gasteiger partial charge in [-0.2, -0.15) is 0 Å². The van der Waals surface area contributed by atoms with Crippen molar-refractivity contribution >= 4 is 17.7 Å². The SMILES string of the molecule is Cc1ccc(C(=O)O)c(NC(O)/C=C/c2ccccc2O)c1. The lowest BCUT2D eigenvalue weighted by atomic mass is 10.1. The molecule has 0 aliphatic carbocycles. The first-order chi connectivity index (χ1) is 10.5. The molecule has 0 heterocycles. The third-order valence-corrected chi connectivity index (χ3v) is 3.10. The number of rotatable bonds is 5. The van der Waals surface area contributed by atoms with E-state index in [9.17, 15) is 15.0 Å². The van der Waals surface area contributed by atoms with E-state index in [-0.39, 0.29) is 11.3 Å². The zero-order chi connectivity index (χ0) is 16.1. The van der Waals surface area contributed by atoms with Gasteiger partial charge >= 0.3 is 5.97 Å². The number of hydrogen-bond donors (Lipinski definition) is 4. The molecular formula is C17H17NO4. The molecule has 1 atom stereocenters. The summed E-state index contributed by atoms with van der Waals surface area (Å²) in [6, 6.07) is 11.5. The number of carboxylic acids is 1. The molecule has 2 aromatic carbocycles. The highest BCUT2D eigenvalue weighted by Gasteiger charge is 2.11. The van der Waals surface area contributed by atoms with Crippen LogP contribution in [0.5, 0.6) is 5.75 Å². The Kier molecular flexibility index (Phi) is 4.80. The van der Waals surface area contributed by atoms with Crippen LogP contribution >= 0.6 is 0 Å². The molecule has 0 aliphatic rings. The van der Waals surface area contributed by atoms with E-state index < -0.39 is 12.2 Å². The second-order valence-corrected chi connectivity index (χ2v) is 4.86. The summed E-state index contributed by atoms with van der Waals surface area (Å²) in [5.41, 5.74) is 1.86. The highest BCUT2D eigenvalue weighted by molar-refractivity contribution is 5.94. The first-order valence-electron chi connectivity index (χ1n) is 6.72. The molecule has 0 bridgehead atoms. The van der Waals surface area contributed by atoms with Crippen LogP contribution in [0, 0.1) is 6.92 Å². The Morgan fingerprint density at radius 3 is 2.64 bits per heavy atom. The van der Waals surface area contributed by atoms with Crippen molar-refractivity contribution in [1.82, 2.24) is 0 Å². The number of aryl methyl sites for hydroxylation is 1. The van der Waals surface area contributed by atoms with Gasteiger partial charge in [0.05, 0.1) is 11.3 Å². The van der Waals surface area contributed by atoms with E-state index in [0.717, 1.165) is 5.56 Å². The molecule has 0 aliphatic heterocycles. The van der Waals surface area contributed by atoms with Gasteiger partial charge < -0.3 is 20.6 Å². The lowest BCUT2D eigenvalue weighted by molar-refractivity contribution is 0.0698. The summed E-state index contributed by atoms with van der Waals surface area (Å²) in [6.45, 7) is 1.83. The molecule has 5 heteroatoms. The standard InChI is InChI=1S/C17H17NO4/c1-11-6-8-13(17(21)22)14(10-11)18-16(20)9-7-12-4-2-3-5-15(12)19/h2-10,16,18-20H,1H3,(H,21,22)/b9-7+. The quantitative estimate of drug-likeness (QED) is 0.637. The van der Waals surface area contributed by atoms with Crippen molar-refractivity contribution in [3.8, 4) is 5.75 Å². The molecular weight excluding hydrogens is 282 g/mol. The number of carboxylic acid groups (broad SMARTS) is 1. The number of aromatic carboxylic acids is 1. The Morgan fingerprint density at radius 2 is 1.95 bits per heavy atom. The molecule has 0 saturated carbocycles. The van der Waals surface area contributed by atoms with Gasteiger partial charge in [0.25, 0.3) is 0 Å². The zero-order valence-corrected chi connectivity index (χ0v) is 12.0. The van der Waals surface area contributed by atoms with Crippen molar-refractivity contribution in [2.75, 3.05) is 5.32 Å². The van der Waals surface area contributed by atoms with Gasteiger partial charge in [0.1, 0.15) is 12.0 Å². The molecule has 5 nitrogen and oxygen atoms in total. The third kappa shape index (κ3) is 3.86. The smallest absolute Gasteiger partial charge is 0.337 e. The first-order valence-corrected chi connectivity index (χ1v) is 6.72. The zero-order valence-electron chi connectivity index (χ0n) is 12.0. The van der Waals surface area contributed by atoms with Crippen molar-refractivity contribution in [2.24, 2.45) is 0 Å². The number of phenolic OH excluding ortho intramolecular Hbond substituents is 1.